The predicted molar refractivity (Wildman–Crippen MR) is 139 cm³/mol. The SMILES string of the molecule is C[C@H](NC(=O)c1ccccc1NS(=O)(=O)c1nnc(NC(=O)c2ccc(Cl)cc2)s1)c1ccccc1. The van der Waals surface area contributed by atoms with Gasteiger partial charge in [-0.05, 0) is 48.9 Å². The number of amides is 2. The minimum atomic E-state index is -4.19. The lowest BCUT2D eigenvalue weighted by Gasteiger charge is -2.16. The lowest BCUT2D eigenvalue weighted by Crippen LogP contribution is -2.28. The fraction of sp³-hybridized carbons (Fsp3) is 0.0833. The molecule has 0 saturated carbocycles. The summed E-state index contributed by atoms with van der Waals surface area (Å²) in [5.74, 6) is -0.938. The lowest BCUT2D eigenvalue weighted by molar-refractivity contribution is 0.0940. The molecule has 4 rings (SSSR count). The van der Waals surface area contributed by atoms with E-state index in [0.29, 0.717) is 21.9 Å². The van der Waals surface area contributed by atoms with E-state index in [1.54, 1.807) is 24.3 Å². The van der Waals surface area contributed by atoms with Crippen LogP contribution < -0.4 is 15.4 Å². The van der Waals surface area contributed by atoms with E-state index in [1.807, 2.05) is 37.3 Å². The molecule has 3 aromatic carbocycles. The van der Waals surface area contributed by atoms with Crippen molar-refractivity contribution in [3.05, 3.63) is 101 Å². The summed E-state index contributed by atoms with van der Waals surface area (Å²) in [6.07, 6.45) is 0. The van der Waals surface area contributed by atoms with E-state index in [1.165, 1.54) is 24.3 Å². The Morgan fingerprint density at radius 2 is 1.56 bits per heavy atom. The van der Waals surface area contributed by atoms with Crippen molar-refractivity contribution < 1.29 is 18.0 Å². The van der Waals surface area contributed by atoms with Crippen molar-refractivity contribution in [3.63, 3.8) is 0 Å². The zero-order chi connectivity index (χ0) is 25.7. The molecule has 0 aliphatic carbocycles. The third-order valence-corrected chi connectivity index (χ3v) is 7.85. The quantitative estimate of drug-likeness (QED) is 0.276. The van der Waals surface area contributed by atoms with Crippen LogP contribution in [0.4, 0.5) is 10.8 Å². The van der Waals surface area contributed by atoms with Gasteiger partial charge in [0.2, 0.25) is 5.13 Å². The van der Waals surface area contributed by atoms with Gasteiger partial charge in [-0.25, -0.2) is 0 Å². The molecular formula is C24H20ClN5O4S2. The number of para-hydroxylation sites is 1. The number of aromatic nitrogens is 2. The van der Waals surface area contributed by atoms with Gasteiger partial charge in [0.05, 0.1) is 17.3 Å². The Morgan fingerprint density at radius 1 is 0.889 bits per heavy atom. The molecule has 0 saturated heterocycles. The summed E-state index contributed by atoms with van der Waals surface area (Å²) in [4.78, 5) is 25.3. The number of sulfonamides is 1. The Hall–Kier alpha value is -3.80. The number of anilines is 2. The van der Waals surface area contributed by atoms with Crippen molar-refractivity contribution in [1.82, 2.24) is 15.5 Å². The highest BCUT2D eigenvalue weighted by Gasteiger charge is 2.24. The van der Waals surface area contributed by atoms with Crippen LogP contribution in [0.1, 0.15) is 39.2 Å². The molecule has 36 heavy (non-hydrogen) atoms. The summed E-state index contributed by atoms with van der Waals surface area (Å²) in [7, 11) is -4.19. The third kappa shape index (κ3) is 6.06. The smallest absolute Gasteiger partial charge is 0.291 e. The Kier molecular flexibility index (Phi) is 7.63. The third-order valence-electron chi connectivity index (χ3n) is 5.03. The van der Waals surface area contributed by atoms with Gasteiger partial charge >= 0.3 is 0 Å². The van der Waals surface area contributed by atoms with E-state index in [4.69, 9.17) is 11.6 Å². The van der Waals surface area contributed by atoms with Crippen molar-refractivity contribution >= 4 is 55.6 Å². The van der Waals surface area contributed by atoms with E-state index in [9.17, 15) is 18.0 Å². The first-order valence-electron chi connectivity index (χ1n) is 10.6. The number of hydrogen-bond donors (Lipinski definition) is 3. The molecule has 0 radical (unpaired) electrons. The van der Waals surface area contributed by atoms with Crippen LogP contribution in [0.2, 0.25) is 5.02 Å². The van der Waals surface area contributed by atoms with Crippen molar-refractivity contribution in [2.24, 2.45) is 0 Å². The van der Waals surface area contributed by atoms with Crippen molar-refractivity contribution in [2.45, 2.75) is 17.3 Å². The molecule has 0 unspecified atom stereocenters. The van der Waals surface area contributed by atoms with Gasteiger partial charge in [-0.15, -0.1) is 10.2 Å². The van der Waals surface area contributed by atoms with Crippen LogP contribution in [-0.2, 0) is 10.0 Å². The van der Waals surface area contributed by atoms with E-state index in [-0.39, 0.29) is 26.8 Å². The summed E-state index contributed by atoms with van der Waals surface area (Å²) < 4.78 is 27.9. The lowest BCUT2D eigenvalue weighted by atomic mass is 10.1. The summed E-state index contributed by atoms with van der Waals surface area (Å²) >= 11 is 6.51. The molecule has 1 atom stereocenters. The maximum Gasteiger partial charge on any atom is 0.291 e. The fourth-order valence-electron chi connectivity index (χ4n) is 3.20. The number of carbonyl (C=O) groups excluding carboxylic acids is 2. The summed E-state index contributed by atoms with van der Waals surface area (Å²) in [6.45, 7) is 1.83. The number of benzene rings is 3. The van der Waals surface area contributed by atoms with Gasteiger partial charge in [0.25, 0.3) is 26.2 Å². The number of rotatable bonds is 8. The van der Waals surface area contributed by atoms with Gasteiger partial charge in [0.1, 0.15) is 0 Å². The summed E-state index contributed by atoms with van der Waals surface area (Å²) in [6, 6.07) is 21.5. The summed E-state index contributed by atoms with van der Waals surface area (Å²) in [5, 5.41) is 13.3. The maximum atomic E-state index is 13.0. The predicted octanol–water partition coefficient (Wildman–Crippen LogP) is 4.74. The van der Waals surface area contributed by atoms with Gasteiger partial charge < -0.3 is 5.32 Å². The van der Waals surface area contributed by atoms with Crippen LogP contribution in [0.25, 0.3) is 0 Å². The number of nitrogens with one attached hydrogen (secondary N) is 3. The molecular weight excluding hydrogens is 522 g/mol. The molecule has 184 valence electrons. The van der Waals surface area contributed by atoms with E-state index >= 15 is 0 Å². The molecule has 4 aromatic rings. The Balaban J connectivity index is 1.48. The molecule has 1 heterocycles. The standard InChI is InChI=1S/C24H20ClN5O4S2/c1-15(16-7-3-2-4-8-16)26-22(32)19-9-5-6-10-20(19)30-36(33,34)24-29-28-23(35-24)27-21(31)17-11-13-18(25)14-12-17/h2-15,30H,1H3,(H,26,32)(H,27,28,31)/t15-/m0/s1. The molecule has 0 aliphatic rings. The number of carbonyl (C=O) groups is 2. The minimum Gasteiger partial charge on any atom is -0.345 e. The molecule has 1 aromatic heterocycles. The zero-order valence-electron chi connectivity index (χ0n) is 18.8. The fourth-order valence-corrected chi connectivity index (χ4v) is 5.30. The minimum absolute atomic E-state index is 0.00182. The van der Waals surface area contributed by atoms with Crippen LogP contribution in [0, 0.1) is 0 Å². The second-order valence-corrected chi connectivity index (χ2v) is 10.9. The molecule has 0 bridgehead atoms. The highest BCUT2D eigenvalue weighted by molar-refractivity contribution is 7.94. The highest BCUT2D eigenvalue weighted by atomic mass is 35.5. The van der Waals surface area contributed by atoms with E-state index in [2.05, 4.69) is 25.6 Å². The normalized spacial score (nSPS) is 11.9. The molecule has 2 amide bonds. The molecule has 0 fully saturated rings. The monoisotopic (exact) mass is 541 g/mol. The topological polar surface area (TPSA) is 130 Å². The highest BCUT2D eigenvalue weighted by Crippen LogP contribution is 2.25. The first-order chi connectivity index (χ1) is 17.2. The van der Waals surface area contributed by atoms with Crippen molar-refractivity contribution in [3.8, 4) is 0 Å². The molecule has 0 spiro atoms. The van der Waals surface area contributed by atoms with Gasteiger partial charge in [0, 0.05) is 10.6 Å². The number of hydrogen-bond acceptors (Lipinski definition) is 7. The summed E-state index contributed by atoms with van der Waals surface area (Å²) in [5.41, 5.74) is 1.45. The Bertz CT molecular complexity index is 1490. The van der Waals surface area contributed by atoms with E-state index in [0.717, 1.165) is 5.56 Å². The molecule has 3 N–H and O–H groups in total. The first kappa shape index (κ1) is 25.3. The van der Waals surface area contributed by atoms with Crippen LogP contribution in [-0.4, -0.2) is 30.4 Å². The second kappa shape index (κ2) is 10.9. The Labute approximate surface area is 216 Å². The van der Waals surface area contributed by atoms with E-state index < -0.39 is 21.8 Å². The molecule has 9 nitrogen and oxygen atoms in total. The van der Waals surface area contributed by atoms with Crippen LogP contribution in [0.5, 0.6) is 0 Å². The van der Waals surface area contributed by atoms with Gasteiger partial charge in [0.15, 0.2) is 0 Å². The van der Waals surface area contributed by atoms with Crippen LogP contribution in [0.15, 0.2) is 83.2 Å². The van der Waals surface area contributed by atoms with Crippen LogP contribution >= 0.6 is 22.9 Å². The Morgan fingerprint density at radius 3 is 2.28 bits per heavy atom. The second-order valence-electron chi connectivity index (χ2n) is 7.59. The molecule has 12 heteroatoms. The molecule has 0 aliphatic heterocycles. The average Bonchev–Trinajstić information content (AvgIpc) is 3.34. The van der Waals surface area contributed by atoms with Crippen LogP contribution in [0.3, 0.4) is 0 Å². The zero-order valence-corrected chi connectivity index (χ0v) is 21.2. The largest absolute Gasteiger partial charge is 0.345 e. The van der Waals surface area contributed by atoms with Crippen molar-refractivity contribution in [2.75, 3.05) is 10.0 Å². The van der Waals surface area contributed by atoms with Gasteiger partial charge in [-0.3, -0.25) is 19.6 Å². The number of halogens is 1. The van der Waals surface area contributed by atoms with Crippen molar-refractivity contribution in [1.29, 1.82) is 0 Å². The maximum absolute atomic E-state index is 13.0. The van der Waals surface area contributed by atoms with Gasteiger partial charge in [-0.2, -0.15) is 8.42 Å². The van der Waals surface area contributed by atoms with Gasteiger partial charge in [-0.1, -0.05) is 65.4 Å². The number of nitrogens with zero attached hydrogens (tertiary/aromatic N) is 2. The first-order valence-corrected chi connectivity index (χ1v) is 13.3. The average molecular weight is 542 g/mol.